The van der Waals surface area contributed by atoms with Gasteiger partial charge in [0.2, 0.25) is 5.95 Å². The van der Waals surface area contributed by atoms with Gasteiger partial charge in [-0.15, -0.1) is 0 Å². The lowest BCUT2D eigenvalue weighted by Gasteiger charge is -2.58. The Labute approximate surface area is 177 Å². The summed E-state index contributed by atoms with van der Waals surface area (Å²) in [5.41, 5.74) is 1.06. The number of hydrogen-bond donors (Lipinski definition) is 3. The number of aliphatic hydroxyl groups is 1. The Bertz CT molecular complexity index is 820. The Kier molecular flexibility index (Phi) is 4.53. The van der Waals surface area contributed by atoms with E-state index in [4.69, 9.17) is 9.72 Å². The molecule has 1 aliphatic heterocycles. The molecule has 1 amide bonds. The fourth-order valence-electron chi connectivity index (χ4n) is 6.91. The van der Waals surface area contributed by atoms with Crippen LogP contribution in [0.4, 0.5) is 5.95 Å². The fraction of sp³-hybridized carbons (Fsp3) is 0.783. The maximum Gasteiger partial charge on any atom is 0.254 e. The SMILES string of the molecule is O=C(N[C@H]1C2CC3CC1C[C@@](O)(C3)C2)c1cnc(N[C@H]2CCOC2)nc1C1CCC1. The Hall–Kier alpha value is -1.73. The molecule has 5 saturated carbocycles. The van der Waals surface area contributed by atoms with Crippen molar-refractivity contribution in [1.29, 1.82) is 0 Å². The number of anilines is 1. The molecule has 0 spiro atoms. The monoisotopic (exact) mass is 412 g/mol. The molecule has 6 fully saturated rings. The van der Waals surface area contributed by atoms with Gasteiger partial charge >= 0.3 is 0 Å². The molecule has 2 heterocycles. The van der Waals surface area contributed by atoms with E-state index in [0.29, 0.717) is 41.8 Å². The Morgan fingerprint density at radius 3 is 2.60 bits per heavy atom. The van der Waals surface area contributed by atoms with E-state index in [2.05, 4.69) is 15.6 Å². The lowest BCUT2D eigenvalue weighted by atomic mass is 9.52. The average Bonchev–Trinajstić information content (AvgIpc) is 3.15. The van der Waals surface area contributed by atoms with Gasteiger partial charge in [0, 0.05) is 24.8 Å². The first-order chi connectivity index (χ1) is 14.6. The topological polar surface area (TPSA) is 96.4 Å². The van der Waals surface area contributed by atoms with Gasteiger partial charge in [0.1, 0.15) is 0 Å². The molecule has 5 aliphatic carbocycles. The number of rotatable bonds is 5. The zero-order valence-electron chi connectivity index (χ0n) is 17.5. The van der Waals surface area contributed by atoms with E-state index in [-0.39, 0.29) is 18.0 Å². The lowest BCUT2D eigenvalue weighted by Crippen LogP contribution is -2.61. The second-order valence-electron chi connectivity index (χ2n) is 10.5. The quantitative estimate of drug-likeness (QED) is 0.688. The molecule has 162 valence electrons. The summed E-state index contributed by atoms with van der Waals surface area (Å²) >= 11 is 0. The van der Waals surface area contributed by atoms with Gasteiger partial charge in [0.15, 0.2) is 0 Å². The van der Waals surface area contributed by atoms with Gasteiger partial charge in [-0.1, -0.05) is 6.42 Å². The van der Waals surface area contributed by atoms with E-state index in [1.807, 2.05) is 0 Å². The normalized spacial score (nSPS) is 39.7. The molecular weight excluding hydrogens is 380 g/mol. The molecule has 7 heteroatoms. The number of nitrogens with one attached hydrogen (secondary N) is 2. The molecule has 3 N–H and O–H groups in total. The third-order valence-corrected chi connectivity index (χ3v) is 8.36. The van der Waals surface area contributed by atoms with Gasteiger partial charge in [-0.2, -0.15) is 0 Å². The van der Waals surface area contributed by atoms with Crippen LogP contribution in [0.5, 0.6) is 0 Å². The number of amides is 1. The molecule has 1 aromatic heterocycles. The number of ether oxygens (including phenoxy) is 1. The van der Waals surface area contributed by atoms with Gasteiger partial charge in [-0.25, -0.2) is 9.97 Å². The first-order valence-electron chi connectivity index (χ1n) is 11.8. The Morgan fingerprint density at radius 1 is 1.17 bits per heavy atom. The summed E-state index contributed by atoms with van der Waals surface area (Å²) in [4.78, 5) is 22.6. The van der Waals surface area contributed by atoms with E-state index < -0.39 is 5.60 Å². The van der Waals surface area contributed by atoms with Crippen LogP contribution in [0.15, 0.2) is 6.20 Å². The number of nitrogens with zero attached hydrogens (tertiary/aromatic N) is 2. The standard InChI is InChI=1S/C23H32N4O3/c28-21(26-19-15-6-13-7-16(19)10-23(29,8-13)9-15)18-11-24-22(25-17-4-5-30-12-17)27-20(18)14-2-1-3-14/h11,13-17,19,29H,1-10,12H2,(H,26,28)(H,24,25,27)/t13?,15?,16?,17-,19-,23+/m0/s1. The van der Waals surface area contributed by atoms with Crippen molar-refractivity contribution in [3.63, 3.8) is 0 Å². The van der Waals surface area contributed by atoms with Crippen LogP contribution in [0, 0.1) is 17.8 Å². The van der Waals surface area contributed by atoms with Crippen molar-refractivity contribution in [2.24, 2.45) is 17.8 Å². The smallest absolute Gasteiger partial charge is 0.254 e. The van der Waals surface area contributed by atoms with E-state index in [0.717, 1.165) is 63.7 Å². The number of carbonyl (C=O) groups excluding carboxylic acids is 1. The molecule has 30 heavy (non-hydrogen) atoms. The van der Waals surface area contributed by atoms with Crippen molar-refractivity contribution < 1.29 is 14.6 Å². The van der Waals surface area contributed by atoms with Crippen LogP contribution in [-0.2, 0) is 4.74 Å². The van der Waals surface area contributed by atoms with Gasteiger partial charge in [0.25, 0.3) is 5.91 Å². The highest BCUT2D eigenvalue weighted by molar-refractivity contribution is 5.95. The Balaban J connectivity index is 1.21. The van der Waals surface area contributed by atoms with Crippen molar-refractivity contribution >= 4 is 11.9 Å². The number of carbonyl (C=O) groups is 1. The van der Waals surface area contributed by atoms with Gasteiger partial charge < -0.3 is 20.5 Å². The first-order valence-corrected chi connectivity index (χ1v) is 11.8. The highest BCUT2D eigenvalue weighted by Gasteiger charge is 2.55. The molecule has 3 atom stereocenters. The minimum atomic E-state index is -0.477. The summed E-state index contributed by atoms with van der Waals surface area (Å²) in [5.74, 6) is 2.38. The van der Waals surface area contributed by atoms with Crippen LogP contribution >= 0.6 is 0 Å². The molecule has 6 aliphatic rings. The van der Waals surface area contributed by atoms with Crippen molar-refractivity contribution in [2.45, 2.75) is 81.4 Å². The highest BCUT2D eigenvalue weighted by atomic mass is 16.5. The number of hydrogen-bond acceptors (Lipinski definition) is 6. The lowest BCUT2D eigenvalue weighted by molar-refractivity contribution is -0.136. The predicted octanol–water partition coefficient (Wildman–Crippen LogP) is 2.61. The fourth-order valence-corrected chi connectivity index (χ4v) is 6.91. The Morgan fingerprint density at radius 2 is 1.97 bits per heavy atom. The highest BCUT2D eigenvalue weighted by Crippen LogP contribution is 2.55. The molecule has 2 unspecified atom stereocenters. The summed E-state index contributed by atoms with van der Waals surface area (Å²) in [6, 6.07) is 0.426. The maximum atomic E-state index is 13.3. The molecule has 7 rings (SSSR count). The second kappa shape index (κ2) is 7.16. The molecule has 1 aromatic rings. The first kappa shape index (κ1) is 19.0. The molecule has 7 nitrogen and oxygen atoms in total. The van der Waals surface area contributed by atoms with Gasteiger partial charge in [-0.3, -0.25) is 4.79 Å². The van der Waals surface area contributed by atoms with E-state index in [1.54, 1.807) is 6.20 Å². The van der Waals surface area contributed by atoms with Crippen molar-refractivity contribution in [2.75, 3.05) is 18.5 Å². The van der Waals surface area contributed by atoms with Crippen molar-refractivity contribution in [1.82, 2.24) is 15.3 Å². The average molecular weight is 413 g/mol. The third-order valence-electron chi connectivity index (χ3n) is 8.36. The zero-order valence-corrected chi connectivity index (χ0v) is 17.5. The van der Waals surface area contributed by atoms with Gasteiger partial charge in [0.05, 0.1) is 29.5 Å². The van der Waals surface area contributed by atoms with Crippen molar-refractivity contribution in [3.05, 3.63) is 17.5 Å². The van der Waals surface area contributed by atoms with Crippen LogP contribution < -0.4 is 10.6 Å². The minimum Gasteiger partial charge on any atom is -0.390 e. The summed E-state index contributed by atoms with van der Waals surface area (Å²) in [6.45, 7) is 1.45. The van der Waals surface area contributed by atoms with Crippen LogP contribution in [0.25, 0.3) is 0 Å². The van der Waals surface area contributed by atoms with Crippen LogP contribution in [0.2, 0.25) is 0 Å². The molecule has 0 radical (unpaired) electrons. The minimum absolute atomic E-state index is 0.0305. The number of aromatic nitrogens is 2. The molecular formula is C23H32N4O3. The summed E-state index contributed by atoms with van der Waals surface area (Å²) in [5, 5.41) is 17.6. The van der Waals surface area contributed by atoms with Crippen LogP contribution in [0.1, 0.15) is 79.8 Å². The molecule has 1 saturated heterocycles. The third kappa shape index (κ3) is 3.30. The van der Waals surface area contributed by atoms with E-state index in [1.165, 1.54) is 6.42 Å². The van der Waals surface area contributed by atoms with E-state index in [9.17, 15) is 9.90 Å². The molecule has 0 aromatic carbocycles. The van der Waals surface area contributed by atoms with E-state index >= 15 is 0 Å². The largest absolute Gasteiger partial charge is 0.390 e. The van der Waals surface area contributed by atoms with Gasteiger partial charge in [-0.05, 0) is 69.1 Å². The predicted molar refractivity (Wildman–Crippen MR) is 111 cm³/mol. The zero-order chi connectivity index (χ0) is 20.3. The van der Waals surface area contributed by atoms with Crippen LogP contribution in [-0.4, -0.2) is 51.9 Å². The molecule has 4 bridgehead atoms. The summed E-state index contributed by atoms with van der Waals surface area (Å²) in [7, 11) is 0. The second-order valence-corrected chi connectivity index (χ2v) is 10.5. The maximum absolute atomic E-state index is 13.3. The summed E-state index contributed by atoms with van der Waals surface area (Å²) in [6.07, 6.45) is 11.0. The van der Waals surface area contributed by atoms with Crippen molar-refractivity contribution in [3.8, 4) is 0 Å². The summed E-state index contributed by atoms with van der Waals surface area (Å²) < 4.78 is 5.44. The van der Waals surface area contributed by atoms with Crippen LogP contribution in [0.3, 0.4) is 0 Å².